The minimum Gasteiger partial charge on any atom is -0.385 e. The number of guanidine groups is 1. The van der Waals surface area contributed by atoms with Gasteiger partial charge in [0.15, 0.2) is 5.96 Å². The van der Waals surface area contributed by atoms with Crippen LogP contribution in [0, 0.1) is 0 Å². The fourth-order valence-corrected chi connectivity index (χ4v) is 1.55. The van der Waals surface area contributed by atoms with Crippen molar-refractivity contribution >= 4 is 17.7 Å². The van der Waals surface area contributed by atoms with Crippen molar-refractivity contribution in [1.82, 2.24) is 10.6 Å². The summed E-state index contributed by atoms with van der Waals surface area (Å²) < 4.78 is 5.00. The third kappa shape index (κ3) is 10.1. The van der Waals surface area contributed by atoms with Gasteiger partial charge in [0.2, 0.25) is 0 Å². The highest BCUT2D eigenvalue weighted by Crippen LogP contribution is 1.93. The van der Waals surface area contributed by atoms with Crippen molar-refractivity contribution in [1.29, 1.82) is 0 Å². The Balaban J connectivity index is 3.34. The highest BCUT2D eigenvalue weighted by Gasteiger charge is 1.95. The fourth-order valence-electron chi connectivity index (χ4n) is 1.25. The maximum Gasteiger partial charge on any atom is 0.191 e. The molecule has 0 rings (SSSR count). The molecule has 0 amide bonds. The number of hydrogen-bond acceptors (Lipinski definition) is 3. The monoisotopic (exact) mass is 247 g/mol. The number of nitrogens with zero attached hydrogens (tertiary/aromatic N) is 1. The Labute approximate surface area is 104 Å². The van der Waals surface area contributed by atoms with E-state index < -0.39 is 0 Å². The summed E-state index contributed by atoms with van der Waals surface area (Å²) in [5.41, 5.74) is 0. The normalized spacial score (nSPS) is 11.6. The molecule has 0 fully saturated rings. The van der Waals surface area contributed by atoms with Crippen LogP contribution in [-0.4, -0.2) is 51.8 Å². The molecule has 5 heteroatoms. The molecule has 0 aliphatic rings. The standard InChI is InChI=1S/C11H25N3OS/c1-12-11(14-8-10-16-3)13-7-5-4-6-9-15-2/h4-10H2,1-3H3,(H2,12,13,14). The summed E-state index contributed by atoms with van der Waals surface area (Å²) in [5, 5.41) is 6.56. The van der Waals surface area contributed by atoms with Crippen molar-refractivity contribution in [3.63, 3.8) is 0 Å². The zero-order chi connectivity index (χ0) is 12.1. The van der Waals surface area contributed by atoms with Gasteiger partial charge in [0.25, 0.3) is 0 Å². The second kappa shape index (κ2) is 12.6. The summed E-state index contributed by atoms with van der Waals surface area (Å²) in [6, 6.07) is 0. The van der Waals surface area contributed by atoms with Crippen molar-refractivity contribution < 1.29 is 4.74 Å². The third-order valence-corrected chi connectivity index (χ3v) is 2.75. The quantitative estimate of drug-likeness (QED) is 0.366. The second-order valence-electron chi connectivity index (χ2n) is 3.47. The summed E-state index contributed by atoms with van der Waals surface area (Å²) in [6.07, 6.45) is 5.60. The van der Waals surface area contributed by atoms with Crippen LogP contribution < -0.4 is 10.6 Å². The Bertz CT molecular complexity index is 177. The number of hydrogen-bond donors (Lipinski definition) is 2. The highest BCUT2D eigenvalue weighted by atomic mass is 32.2. The molecule has 4 nitrogen and oxygen atoms in total. The number of rotatable bonds is 9. The lowest BCUT2D eigenvalue weighted by atomic mass is 10.2. The van der Waals surface area contributed by atoms with Gasteiger partial charge in [-0.3, -0.25) is 4.99 Å². The van der Waals surface area contributed by atoms with Crippen molar-refractivity contribution in [2.45, 2.75) is 19.3 Å². The predicted octanol–water partition coefficient (Wildman–Crippen LogP) is 1.33. The van der Waals surface area contributed by atoms with E-state index in [0.29, 0.717) is 0 Å². The average molecular weight is 247 g/mol. The van der Waals surface area contributed by atoms with Gasteiger partial charge in [-0.15, -0.1) is 0 Å². The highest BCUT2D eigenvalue weighted by molar-refractivity contribution is 7.98. The number of nitrogens with one attached hydrogen (secondary N) is 2. The van der Waals surface area contributed by atoms with E-state index in [1.165, 1.54) is 6.42 Å². The lowest BCUT2D eigenvalue weighted by Crippen LogP contribution is -2.38. The lowest BCUT2D eigenvalue weighted by molar-refractivity contribution is 0.192. The first-order valence-electron chi connectivity index (χ1n) is 5.77. The van der Waals surface area contributed by atoms with Crippen LogP contribution in [0.1, 0.15) is 19.3 Å². The number of aliphatic imine (C=N–C) groups is 1. The minimum absolute atomic E-state index is 0.862. The van der Waals surface area contributed by atoms with E-state index >= 15 is 0 Å². The summed E-state index contributed by atoms with van der Waals surface area (Å²) in [4.78, 5) is 4.15. The number of thioether (sulfide) groups is 1. The number of unbranched alkanes of at least 4 members (excludes halogenated alkanes) is 2. The second-order valence-corrected chi connectivity index (χ2v) is 4.46. The molecule has 0 aromatic heterocycles. The molecule has 0 spiro atoms. The fraction of sp³-hybridized carbons (Fsp3) is 0.909. The van der Waals surface area contributed by atoms with E-state index in [-0.39, 0.29) is 0 Å². The molecule has 0 radical (unpaired) electrons. The van der Waals surface area contributed by atoms with Gasteiger partial charge in [0.1, 0.15) is 0 Å². The minimum atomic E-state index is 0.862. The van der Waals surface area contributed by atoms with Crippen LogP contribution in [0.5, 0.6) is 0 Å². The van der Waals surface area contributed by atoms with E-state index in [9.17, 15) is 0 Å². The van der Waals surface area contributed by atoms with Gasteiger partial charge in [0, 0.05) is 39.6 Å². The van der Waals surface area contributed by atoms with E-state index in [1.54, 1.807) is 14.2 Å². The van der Waals surface area contributed by atoms with Gasteiger partial charge in [-0.05, 0) is 25.5 Å². The summed E-state index contributed by atoms with van der Waals surface area (Å²) in [7, 11) is 3.55. The van der Waals surface area contributed by atoms with Crippen molar-refractivity contribution in [3.8, 4) is 0 Å². The van der Waals surface area contributed by atoms with Gasteiger partial charge in [-0.2, -0.15) is 11.8 Å². The van der Waals surface area contributed by atoms with Crippen LogP contribution in [0.4, 0.5) is 0 Å². The van der Waals surface area contributed by atoms with Gasteiger partial charge >= 0.3 is 0 Å². The van der Waals surface area contributed by atoms with Crippen molar-refractivity contribution in [3.05, 3.63) is 0 Å². The number of ether oxygens (including phenoxy) is 1. The van der Waals surface area contributed by atoms with Gasteiger partial charge in [-0.1, -0.05) is 0 Å². The first-order chi connectivity index (χ1) is 7.85. The first kappa shape index (κ1) is 15.6. The van der Waals surface area contributed by atoms with E-state index in [2.05, 4.69) is 21.9 Å². The SMILES string of the molecule is CN=C(NCCCCCOC)NCCSC. The zero-order valence-electron chi connectivity index (χ0n) is 10.7. The zero-order valence-corrected chi connectivity index (χ0v) is 11.5. The van der Waals surface area contributed by atoms with Gasteiger partial charge in [0.05, 0.1) is 0 Å². The molecule has 0 aromatic rings. The molecule has 0 unspecified atom stereocenters. The Morgan fingerprint density at radius 1 is 1.19 bits per heavy atom. The maximum atomic E-state index is 5.00. The maximum absolute atomic E-state index is 5.00. The van der Waals surface area contributed by atoms with E-state index in [4.69, 9.17) is 4.74 Å². The average Bonchev–Trinajstić information content (AvgIpc) is 2.31. The van der Waals surface area contributed by atoms with Crippen LogP contribution >= 0.6 is 11.8 Å². The van der Waals surface area contributed by atoms with Crippen LogP contribution in [0.15, 0.2) is 4.99 Å². The molecule has 2 N–H and O–H groups in total. The molecule has 16 heavy (non-hydrogen) atoms. The third-order valence-electron chi connectivity index (χ3n) is 2.14. The van der Waals surface area contributed by atoms with Crippen LogP contribution in [0.3, 0.4) is 0 Å². The molecule has 0 bridgehead atoms. The smallest absolute Gasteiger partial charge is 0.191 e. The van der Waals surface area contributed by atoms with E-state index in [1.807, 2.05) is 11.8 Å². The van der Waals surface area contributed by atoms with Crippen LogP contribution in [-0.2, 0) is 4.74 Å². The summed E-state index contributed by atoms with van der Waals surface area (Å²) >= 11 is 1.83. The largest absolute Gasteiger partial charge is 0.385 e. The Kier molecular flexibility index (Phi) is 12.3. The molecule has 0 saturated carbocycles. The first-order valence-corrected chi connectivity index (χ1v) is 7.17. The summed E-state index contributed by atoms with van der Waals surface area (Å²) in [5.74, 6) is 2.01. The molecule has 0 saturated heterocycles. The van der Waals surface area contributed by atoms with Gasteiger partial charge in [-0.25, -0.2) is 0 Å². The van der Waals surface area contributed by atoms with Crippen LogP contribution in [0.2, 0.25) is 0 Å². The topological polar surface area (TPSA) is 45.7 Å². The molecule has 96 valence electrons. The molecule has 0 aromatic carbocycles. The molecule has 0 atom stereocenters. The Morgan fingerprint density at radius 3 is 2.56 bits per heavy atom. The van der Waals surface area contributed by atoms with Crippen molar-refractivity contribution in [2.24, 2.45) is 4.99 Å². The molecule has 0 aliphatic carbocycles. The predicted molar refractivity (Wildman–Crippen MR) is 73.5 cm³/mol. The molecular weight excluding hydrogens is 222 g/mol. The lowest BCUT2D eigenvalue weighted by Gasteiger charge is -2.11. The van der Waals surface area contributed by atoms with Gasteiger partial charge < -0.3 is 15.4 Å². The van der Waals surface area contributed by atoms with E-state index in [0.717, 1.165) is 44.3 Å². The van der Waals surface area contributed by atoms with Crippen LogP contribution in [0.25, 0.3) is 0 Å². The molecular formula is C11H25N3OS. The Hall–Kier alpha value is -0.420. The molecule has 0 heterocycles. The Morgan fingerprint density at radius 2 is 1.94 bits per heavy atom. The summed E-state index contributed by atoms with van der Waals surface area (Å²) in [6.45, 7) is 2.80. The molecule has 0 aliphatic heterocycles. The number of methoxy groups -OCH3 is 1. The van der Waals surface area contributed by atoms with Crippen molar-refractivity contribution in [2.75, 3.05) is 45.9 Å².